The van der Waals surface area contributed by atoms with Gasteiger partial charge in [-0.25, -0.2) is 0 Å². The highest BCUT2D eigenvalue weighted by molar-refractivity contribution is 7.13. The second-order valence-corrected chi connectivity index (χ2v) is 6.16. The van der Waals surface area contributed by atoms with E-state index in [1.165, 1.54) is 38.5 Å². The summed E-state index contributed by atoms with van der Waals surface area (Å²) in [4.78, 5) is 1.15. The first kappa shape index (κ1) is 15.1. The molecule has 20 heavy (non-hydrogen) atoms. The molecule has 0 saturated carbocycles. The van der Waals surface area contributed by atoms with Gasteiger partial charge in [0.1, 0.15) is 5.76 Å². The summed E-state index contributed by atoms with van der Waals surface area (Å²) in [6, 6.07) is 4.10. The summed E-state index contributed by atoms with van der Waals surface area (Å²) in [5.41, 5.74) is 6.93. The zero-order chi connectivity index (χ0) is 14.2. The number of unbranched alkanes of at least 4 members (excludes halogenated alkanes) is 6. The molecule has 2 heterocycles. The van der Waals surface area contributed by atoms with Gasteiger partial charge in [0, 0.05) is 11.3 Å². The normalized spacial score (nSPS) is 11.1. The van der Waals surface area contributed by atoms with Gasteiger partial charge in [0.15, 0.2) is 5.82 Å². The number of rotatable bonds is 9. The number of hydrogen-bond donors (Lipinski definition) is 1. The monoisotopic (exact) mass is 292 g/mol. The van der Waals surface area contributed by atoms with Gasteiger partial charge >= 0.3 is 0 Å². The van der Waals surface area contributed by atoms with Crippen molar-refractivity contribution in [3.05, 3.63) is 23.3 Å². The van der Waals surface area contributed by atoms with Gasteiger partial charge in [-0.2, -0.15) is 0 Å². The molecule has 2 aromatic heterocycles. The predicted molar refractivity (Wildman–Crippen MR) is 85.9 cm³/mol. The van der Waals surface area contributed by atoms with E-state index in [1.54, 1.807) is 11.3 Å². The van der Waals surface area contributed by atoms with E-state index in [0.717, 1.165) is 29.0 Å². The van der Waals surface area contributed by atoms with Crippen LogP contribution in [0.25, 0.3) is 10.4 Å². The molecule has 2 rings (SSSR count). The molecular weight excluding hydrogens is 268 g/mol. The Hall–Kier alpha value is -1.29. The Balaban J connectivity index is 1.79. The molecule has 2 aromatic rings. The minimum absolute atomic E-state index is 0.519. The number of hydrogen-bond acceptors (Lipinski definition) is 4. The molecule has 0 aliphatic heterocycles. The Kier molecular flexibility index (Phi) is 6.12. The topological polar surface area (TPSA) is 52.0 Å². The standard InChI is InChI=1S/C16H24N2OS/c1-2-3-4-5-6-7-8-10-13-15(16(17)18-19-13)14-11-9-12-20-14/h9,11-12H,2-8,10H2,1H3,(H2,17,18). The Labute approximate surface area is 125 Å². The van der Waals surface area contributed by atoms with Gasteiger partial charge in [0.05, 0.1) is 5.56 Å². The van der Waals surface area contributed by atoms with Crippen LogP contribution < -0.4 is 5.73 Å². The van der Waals surface area contributed by atoms with Crippen molar-refractivity contribution in [2.45, 2.75) is 58.3 Å². The first-order valence-electron chi connectivity index (χ1n) is 7.60. The first-order valence-corrected chi connectivity index (χ1v) is 8.48. The molecule has 3 nitrogen and oxygen atoms in total. The summed E-state index contributed by atoms with van der Waals surface area (Å²) in [6.45, 7) is 2.25. The lowest BCUT2D eigenvalue weighted by Crippen LogP contribution is -1.90. The van der Waals surface area contributed by atoms with Crippen molar-refractivity contribution in [3.8, 4) is 10.4 Å². The fourth-order valence-corrected chi connectivity index (χ4v) is 3.23. The third-order valence-electron chi connectivity index (χ3n) is 3.56. The van der Waals surface area contributed by atoms with Crippen LogP contribution in [0.2, 0.25) is 0 Å². The Morgan fingerprint density at radius 3 is 2.60 bits per heavy atom. The second kappa shape index (κ2) is 8.10. The van der Waals surface area contributed by atoms with Crippen molar-refractivity contribution in [1.29, 1.82) is 0 Å². The molecule has 0 spiro atoms. The van der Waals surface area contributed by atoms with Crippen LogP contribution in [0.15, 0.2) is 22.0 Å². The van der Waals surface area contributed by atoms with E-state index >= 15 is 0 Å². The molecule has 2 N–H and O–H groups in total. The van der Waals surface area contributed by atoms with Gasteiger partial charge in [-0.05, 0) is 17.9 Å². The van der Waals surface area contributed by atoms with E-state index in [1.807, 2.05) is 6.07 Å². The van der Waals surface area contributed by atoms with Crippen molar-refractivity contribution < 1.29 is 4.52 Å². The molecule has 0 saturated heterocycles. The van der Waals surface area contributed by atoms with Crippen LogP contribution in [0.3, 0.4) is 0 Å². The summed E-state index contributed by atoms with van der Waals surface area (Å²) >= 11 is 1.68. The lowest BCUT2D eigenvalue weighted by molar-refractivity contribution is 0.381. The summed E-state index contributed by atoms with van der Waals surface area (Å²) in [6.07, 6.45) is 10.1. The maximum atomic E-state index is 5.92. The van der Waals surface area contributed by atoms with E-state index in [2.05, 4.69) is 23.5 Å². The predicted octanol–water partition coefficient (Wildman–Crippen LogP) is 5.28. The summed E-state index contributed by atoms with van der Waals surface area (Å²) in [7, 11) is 0. The maximum Gasteiger partial charge on any atom is 0.175 e. The molecule has 0 aromatic carbocycles. The van der Waals surface area contributed by atoms with Crippen molar-refractivity contribution in [3.63, 3.8) is 0 Å². The van der Waals surface area contributed by atoms with E-state index in [0.29, 0.717) is 5.82 Å². The molecule has 0 amide bonds. The fraction of sp³-hybridized carbons (Fsp3) is 0.562. The highest BCUT2D eigenvalue weighted by Crippen LogP contribution is 2.33. The zero-order valence-electron chi connectivity index (χ0n) is 12.2. The molecule has 0 unspecified atom stereocenters. The van der Waals surface area contributed by atoms with Crippen molar-refractivity contribution in [1.82, 2.24) is 5.16 Å². The smallest absolute Gasteiger partial charge is 0.175 e. The van der Waals surface area contributed by atoms with Crippen LogP contribution in [-0.2, 0) is 6.42 Å². The van der Waals surface area contributed by atoms with Crippen LogP contribution in [0, 0.1) is 0 Å². The van der Waals surface area contributed by atoms with Crippen LogP contribution in [0.1, 0.15) is 57.6 Å². The zero-order valence-corrected chi connectivity index (χ0v) is 13.0. The molecule has 0 fully saturated rings. The number of anilines is 1. The van der Waals surface area contributed by atoms with Gasteiger partial charge < -0.3 is 10.3 Å². The molecule has 0 radical (unpaired) electrons. The van der Waals surface area contributed by atoms with E-state index in [4.69, 9.17) is 10.3 Å². The minimum Gasteiger partial charge on any atom is -0.380 e. The largest absolute Gasteiger partial charge is 0.380 e. The Morgan fingerprint density at radius 2 is 1.90 bits per heavy atom. The molecule has 0 aliphatic rings. The van der Waals surface area contributed by atoms with Gasteiger partial charge in [-0.1, -0.05) is 56.7 Å². The van der Waals surface area contributed by atoms with Crippen LogP contribution in [-0.4, -0.2) is 5.16 Å². The molecular formula is C16H24N2OS. The van der Waals surface area contributed by atoms with Gasteiger partial charge in [0.25, 0.3) is 0 Å². The number of aryl methyl sites for hydroxylation is 1. The van der Waals surface area contributed by atoms with Crippen molar-refractivity contribution in [2.24, 2.45) is 0 Å². The number of nitrogens with two attached hydrogens (primary N) is 1. The number of nitrogen functional groups attached to an aromatic ring is 1. The average Bonchev–Trinajstić information content (AvgIpc) is 3.07. The molecule has 4 heteroatoms. The molecule has 110 valence electrons. The van der Waals surface area contributed by atoms with Crippen molar-refractivity contribution in [2.75, 3.05) is 5.73 Å². The third kappa shape index (κ3) is 4.10. The highest BCUT2D eigenvalue weighted by atomic mass is 32.1. The lowest BCUT2D eigenvalue weighted by Gasteiger charge is -2.01. The summed E-state index contributed by atoms with van der Waals surface area (Å²) in [5.74, 6) is 1.46. The fourth-order valence-electron chi connectivity index (χ4n) is 2.44. The molecule has 0 aliphatic carbocycles. The minimum atomic E-state index is 0.519. The van der Waals surface area contributed by atoms with E-state index in [9.17, 15) is 0 Å². The van der Waals surface area contributed by atoms with Gasteiger partial charge in [-0.15, -0.1) is 11.3 Å². The molecule has 0 atom stereocenters. The molecule has 0 bridgehead atoms. The van der Waals surface area contributed by atoms with Gasteiger partial charge in [-0.3, -0.25) is 0 Å². The second-order valence-electron chi connectivity index (χ2n) is 5.21. The summed E-state index contributed by atoms with van der Waals surface area (Å²) in [5, 5.41) is 5.98. The third-order valence-corrected chi connectivity index (χ3v) is 4.45. The average molecular weight is 292 g/mol. The lowest BCUT2D eigenvalue weighted by atomic mass is 10.1. The van der Waals surface area contributed by atoms with Crippen LogP contribution in [0.5, 0.6) is 0 Å². The van der Waals surface area contributed by atoms with Gasteiger partial charge in [0.2, 0.25) is 0 Å². The van der Waals surface area contributed by atoms with Crippen molar-refractivity contribution >= 4 is 17.2 Å². The first-order chi connectivity index (χ1) is 9.83. The Morgan fingerprint density at radius 1 is 1.15 bits per heavy atom. The van der Waals surface area contributed by atoms with E-state index in [-0.39, 0.29) is 0 Å². The SMILES string of the molecule is CCCCCCCCCc1onc(N)c1-c1cccs1. The summed E-state index contributed by atoms with van der Waals surface area (Å²) < 4.78 is 5.40. The maximum absolute atomic E-state index is 5.92. The van der Waals surface area contributed by atoms with Crippen LogP contribution >= 0.6 is 11.3 Å². The Bertz CT molecular complexity index is 491. The van der Waals surface area contributed by atoms with Crippen LogP contribution in [0.4, 0.5) is 5.82 Å². The van der Waals surface area contributed by atoms with E-state index < -0.39 is 0 Å². The quantitative estimate of drug-likeness (QED) is 0.640. The highest BCUT2D eigenvalue weighted by Gasteiger charge is 2.16. The number of nitrogens with zero attached hydrogens (tertiary/aromatic N) is 1. The number of thiophene rings is 1. The number of aromatic nitrogens is 1.